The average Bonchev–Trinajstić information content (AvgIpc) is 2.87. The van der Waals surface area contributed by atoms with E-state index >= 15 is 0 Å². The first-order valence-electron chi connectivity index (χ1n) is 7.02. The molecule has 0 bridgehead atoms. The van der Waals surface area contributed by atoms with Crippen LogP contribution in [0.25, 0.3) is 11.0 Å². The average molecular weight is 275 g/mol. The van der Waals surface area contributed by atoms with E-state index < -0.39 is 0 Å². The number of rotatable bonds is 4. The summed E-state index contributed by atoms with van der Waals surface area (Å²) in [4.78, 5) is 13.4. The quantitative estimate of drug-likeness (QED) is 0.827. The van der Waals surface area contributed by atoms with Crippen molar-refractivity contribution in [3.05, 3.63) is 12.5 Å². The van der Waals surface area contributed by atoms with Gasteiger partial charge in [0.15, 0.2) is 5.65 Å². The standard InChI is InChI=1S/C13H21N7/c1-18(7-8-20-5-3-14-4-6-20)12-11-9-17-19(2)13(11)16-10-15-12/h9-10,14H,3-8H2,1-2H3. The Morgan fingerprint density at radius 3 is 2.90 bits per heavy atom. The van der Waals surface area contributed by atoms with Gasteiger partial charge in [-0.25, -0.2) is 9.97 Å². The molecule has 0 aromatic carbocycles. The molecule has 0 amide bonds. The number of piperazine rings is 1. The second-order valence-corrected chi connectivity index (χ2v) is 5.22. The van der Waals surface area contributed by atoms with Crippen LogP contribution in [0, 0.1) is 0 Å². The number of likely N-dealkylation sites (N-methyl/N-ethyl adjacent to an activating group) is 1. The minimum atomic E-state index is 0.879. The summed E-state index contributed by atoms with van der Waals surface area (Å²) in [5.74, 6) is 0.957. The summed E-state index contributed by atoms with van der Waals surface area (Å²) in [7, 11) is 3.98. The van der Waals surface area contributed by atoms with Crippen LogP contribution in [0.4, 0.5) is 5.82 Å². The monoisotopic (exact) mass is 275 g/mol. The van der Waals surface area contributed by atoms with Crippen molar-refractivity contribution in [3.8, 4) is 0 Å². The highest BCUT2D eigenvalue weighted by molar-refractivity contribution is 5.86. The molecule has 7 heteroatoms. The maximum atomic E-state index is 4.41. The number of hydrogen-bond donors (Lipinski definition) is 1. The van der Waals surface area contributed by atoms with Crippen LogP contribution < -0.4 is 10.2 Å². The maximum Gasteiger partial charge on any atom is 0.163 e. The summed E-state index contributed by atoms with van der Waals surface area (Å²) in [5, 5.41) is 8.64. The number of fused-ring (bicyclic) bond motifs is 1. The lowest BCUT2D eigenvalue weighted by Gasteiger charge is -2.29. The minimum absolute atomic E-state index is 0.879. The largest absolute Gasteiger partial charge is 0.358 e. The van der Waals surface area contributed by atoms with Gasteiger partial charge in [0, 0.05) is 53.4 Å². The number of anilines is 1. The van der Waals surface area contributed by atoms with E-state index in [-0.39, 0.29) is 0 Å². The second-order valence-electron chi connectivity index (χ2n) is 5.22. The first kappa shape index (κ1) is 13.3. The Bertz CT molecular complexity index is 573. The third-order valence-corrected chi connectivity index (χ3v) is 3.83. The molecule has 0 radical (unpaired) electrons. The molecule has 1 saturated heterocycles. The first-order chi connectivity index (χ1) is 9.75. The summed E-state index contributed by atoms with van der Waals surface area (Å²) in [6.07, 6.45) is 3.45. The molecule has 20 heavy (non-hydrogen) atoms. The van der Waals surface area contributed by atoms with Crippen LogP contribution in [0.3, 0.4) is 0 Å². The smallest absolute Gasteiger partial charge is 0.163 e. The van der Waals surface area contributed by atoms with Crippen LogP contribution in [-0.2, 0) is 7.05 Å². The van der Waals surface area contributed by atoms with E-state index in [0.29, 0.717) is 0 Å². The minimum Gasteiger partial charge on any atom is -0.358 e. The number of hydrogen-bond acceptors (Lipinski definition) is 6. The van der Waals surface area contributed by atoms with Gasteiger partial charge in [-0.15, -0.1) is 0 Å². The summed E-state index contributed by atoms with van der Waals surface area (Å²) in [6.45, 7) is 6.44. The molecule has 1 aliphatic rings. The predicted octanol–water partition coefficient (Wildman–Crippen LogP) is -0.295. The van der Waals surface area contributed by atoms with E-state index in [9.17, 15) is 0 Å². The maximum absolute atomic E-state index is 4.41. The molecule has 1 aliphatic heterocycles. The van der Waals surface area contributed by atoms with Crippen molar-refractivity contribution >= 4 is 16.9 Å². The number of aryl methyl sites for hydroxylation is 1. The topological polar surface area (TPSA) is 62.1 Å². The highest BCUT2D eigenvalue weighted by Crippen LogP contribution is 2.20. The van der Waals surface area contributed by atoms with E-state index in [2.05, 4.69) is 37.2 Å². The molecule has 2 aromatic rings. The fourth-order valence-corrected chi connectivity index (χ4v) is 2.59. The van der Waals surface area contributed by atoms with Crippen molar-refractivity contribution < 1.29 is 0 Å². The Balaban J connectivity index is 1.70. The summed E-state index contributed by atoms with van der Waals surface area (Å²) < 4.78 is 1.78. The van der Waals surface area contributed by atoms with Gasteiger partial charge >= 0.3 is 0 Å². The summed E-state index contributed by atoms with van der Waals surface area (Å²) >= 11 is 0. The van der Waals surface area contributed by atoms with E-state index in [1.54, 1.807) is 11.0 Å². The molecular weight excluding hydrogens is 254 g/mol. The predicted molar refractivity (Wildman–Crippen MR) is 78.9 cm³/mol. The molecule has 7 nitrogen and oxygen atoms in total. The van der Waals surface area contributed by atoms with Crippen molar-refractivity contribution in [1.29, 1.82) is 0 Å². The van der Waals surface area contributed by atoms with Crippen LogP contribution in [-0.4, -0.2) is 71.0 Å². The Labute approximate surface area is 118 Å². The normalized spacial score (nSPS) is 16.7. The van der Waals surface area contributed by atoms with Gasteiger partial charge in [-0.2, -0.15) is 5.10 Å². The van der Waals surface area contributed by atoms with E-state index in [1.807, 2.05) is 13.2 Å². The highest BCUT2D eigenvalue weighted by Gasteiger charge is 2.14. The zero-order valence-corrected chi connectivity index (χ0v) is 12.1. The Morgan fingerprint density at radius 2 is 2.10 bits per heavy atom. The molecule has 0 saturated carbocycles. The molecule has 1 fully saturated rings. The van der Waals surface area contributed by atoms with E-state index in [1.165, 1.54) is 0 Å². The zero-order valence-electron chi connectivity index (χ0n) is 12.1. The van der Waals surface area contributed by atoms with Gasteiger partial charge in [-0.1, -0.05) is 0 Å². The van der Waals surface area contributed by atoms with Gasteiger partial charge in [0.05, 0.1) is 11.6 Å². The van der Waals surface area contributed by atoms with Crippen LogP contribution in [0.1, 0.15) is 0 Å². The molecular formula is C13H21N7. The number of nitrogens with zero attached hydrogens (tertiary/aromatic N) is 6. The molecule has 3 rings (SSSR count). The van der Waals surface area contributed by atoms with Crippen molar-refractivity contribution in [2.75, 3.05) is 51.2 Å². The van der Waals surface area contributed by atoms with Crippen LogP contribution >= 0.6 is 0 Å². The SMILES string of the molecule is CN(CCN1CCNCC1)c1ncnc2c1cnn2C. The molecule has 0 aliphatic carbocycles. The number of nitrogens with one attached hydrogen (secondary N) is 1. The second kappa shape index (κ2) is 5.72. The highest BCUT2D eigenvalue weighted by atomic mass is 15.3. The van der Waals surface area contributed by atoms with Crippen LogP contribution in [0.2, 0.25) is 0 Å². The number of aromatic nitrogens is 4. The van der Waals surface area contributed by atoms with Crippen molar-refractivity contribution in [2.45, 2.75) is 0 Å². The fourth-order valence-electron chi connectivity index (χ4n) is 2.59. The van der Waals surface area contributed by atoms with Crippen molar-refractivity contribution in [2.24, 2.45) is 7.05 Å². The summed E-state index contributed by atoms with van der Waals surface area (Å²) in [5.41, 5.74) is 0.879. The Kier molecular flexibility index (Phi) is 3.79. The van der Waals surface area contributed by atoms with Gasteiger partial charge in [-0.05, 0) is 0 Å². The molecule has 0 unspecified atom stereocenters. The first-order valence-corrected chi connectivity index (χ1v) is 7.02. The molecule has 0 atom stereocenters. The van der Waals surface area contributed by atoms with Gasteiger partial charge in [-0.3, -0.25) is 9.58 Å². The van der Waals surface area contributed by atoms with E-state index in [0.717, 1.165) is 56.1 Å². The Hall–Kier alpha value is -1.73. The molecule has 1 N–H and O–H groups in total. The molecule has 0 spiro atoms. The third kappa shape index (κ3) is 2.59. The lowest BCUT2D eigenvalue weighted by Crippen LogP contribution is -2.46. The van der Waals surface area contributed by atoms with Gasteiger partial charge in [0.1, 0.15) is 12.1 Å². The van der Waals surface area contributed by atoms with Gasteiger partial charge in [0.25, 0.3) is 0 Å². The Morgan fingerprint density at radius 1 is 1.30 bits per heavy atom. The van der Waals surface area contributed by atoms with Crippen LogP contribution in [0.15, 0.2) is 12.5 Å². The van der Waals surface area contributed by atoms with Gasteiger partial charge in [0.2, 0.25) is 0 Å². The van der Waals surface area contributed by atoms with Crippen molar-refractivity contribution in [3.63, 3.8) is 0 Å². The molecule has 3 heterocycles. The fraction of sp³-hybridized carbons (Fsp3) is 0.615. The lowest BCUT2D eigenvalue weighted by molar-refractivity contribution is 0.246. The summed E-state index contributed by atoms with van der Waals surface area (Å²) in [6, 6.07) is 0. The lowest BCUT2D eigenvalue weighted by atomic mass is 10.3. The van der Waals surface area contributed by atoms with Crippen molar-refractivity contribution in [1.82, 2.24) is 30.0 Å². The van der Waals surface area contributed by atoms with Crippen LogP contribution in [0.5, 0.6) is 0 Å². The molecule has 2 aromatic heterocycles. The van der Waals surface area contributed by atoms with Gasteiger partial charge < -0.3 is 10.2 Å². The molecule has 108 valence electrons. The zero-order chi connectivity index (χ0) is 13.9. The third-order valence-electron chi connectivity index (χ3n) is 3.83. The van der Waals surface area contributed by atoms with E-state index in [4.69, 9.17) is 0 Å².